The summed E-state index contributed by atoms with van der Waals surface area (Å²) < 4.78 is 25.7. The molecule has 0 saturated carbocycles. The Kier molecular flexibility index (Phi) is 31.0. The third-order valence-corrected chi connectivity index (χ3v) is 0. The molecule has 8 heavy (non-hydrogen) atoms. The van der Waals surface area contributed by atoms with Crippen molar-refractivity contribution < 1.29 is 34.2 Å². The van der Waals surface area contributed by atoms with Gasteiger partial charge in [-0.3, -0.25) is 6.29 Å². The van der Waals surface area contributed by atoms with Crippen LogP contribution in [0.2, 0.25) is 0 Å². The second-order valence-electron chi connectivity index (χ2n) is 0.428. The average Bonchev–Trinajstić information content (AvgIpc) is 1.33. The Bertz CT molecular complexity index is 38.3. The maximum atomic E-state index is 8.68. The van der Waals surface area contributed by atoms with E-state index in [1.807, 2.05) is 0 Å². The van der Waals surface area contributed by atoms with Gasteiger partial charge in [0.05, 0.1) is 0 Å². The van der Waals surface area contributed by atoms with E-state index >= 15 is 0 Å². The molecular formula is C2H3AsCuO4-4. The summed E-state index contributed by atoms with van der Waals surface area (Å²) in [5, 5.41) is 0. The minimum absolute atomic E-state index is 0. The van der Waals surface area contributed by atoms with Crippen LogP contribution in [0, 0.1) is 0 Å². The topological polar surface area (TPSA) is 86.2 Å². The van der Waals surface area contributed by atoms with Gasteiger partial charge in [0, 0.05) is 17.1 Å². The molecule has 55 valence electrons. The number of carbonyl (C=O) groups excluding carboxylic acids is 1. The van der Waals surface area contributed by atoms with Crippen LogP contribution in [0.3, 0.4) is 0 Å². The summed E-state index contributed by atoms with van der Waals surface area (Å²) >= 11 is -3.94. The molecule has 0 amide bonds. The van der Waals surface area contributed by atoms with Crippen LogP contribution in [0.1, 0.15) is 6.92 Å². The first kappa shape index (κ1) is 15.8. The van der Waals surface area contributed by atoms with E-state index in [4.69, 9.17) is 17.1 Å². The monoisotopic (exact) mass is 229 g/mol. The SMILES string of the molecule is C[C-]=O.[Cu].[O-][As]([O-])[O-]. The van der Waals surface area contributed by atoms with Crippen molar-refractivity contribution in [2.24, 2.45) is 0 Å². The molecule has 0 aliphatic heterocycles. The van der Waals surface area contributed by atoms with Crippen molar-refractivity contribution in [1.29, 1.82) is 0 Å². The van der Waals surface area contributed by atoms with Crippen LogP contribution in [-0.4, -0.2) is 22.0 Å². The fraction of sp³-hybridized carbons (Fsp3) is 0.500. The van der Waals surface area contributed by atoms with Gasteiger partial charge in [-0.05, 0) is 0 Å². The van der Waals surface area contributed by atoms with Crippen LogP contribution in [0.25, 0.3) is 0 Å². The van der Waals surface area contributed by atoms with E-state index in [9.17, 15) is 0 Å². The average molecular weight is 230 g/mol. The zero-order chi connectivity index (χ0) is 6.28. The molecule has 0 aliphatic rings. The third-order valence-electron chi connectivity index (χ3n) is 0. The maximum absolute atomic E-state index is 8.68. The normalized spacial score (nSPS) is 6.12. The molecular weight excluding hydrogens is 226 g/mol. The molecule has 0 fully saturated rings. The summed E-state index contributed by atoms with van der Waals surface area (Å²) in [6.07, 6.45) is 1.50. The first-order valence-corrected chi connectivity index (χ1v) is 3.55. The molecule has 0 rings (SSSR count). The number of rotatable bonds is 0. The zero-order valence-electron chi connectivity index (χ0n) is 3.88. The summed E-state index contributed by atoms with van der Waals surface area (Å²) in [4.78, 5) is 8.68. The Balaban J connectivity index is -0.0000000575. The summed E-state index contributed by atoms with van der Waals surface area (Å²) in [6.45, 7) is 1.32. The van der Waals surface area contributed by atoms with Gasteiger partial charge in [-0.15, -0.1) is 0 Å². The van der Waals surface area contributed by atoms with Crippen molar-refractivity contribution in [2.45, 2.75) is 6.92 Å². The predicted octanol–water partition coefficient (Wildman–Crippen LogP) is -3.83. The molecule has 0 aromatic rings. The molecule has 4 nitrogen and oxygen atoms in total. The Morgan fingerprint density at radius 2 is 1.38 bits per heavy atom. The Labute approximate surface area is 63.3 Å². The van der Waals surface area contributed by atoms with E-state index in [-0.39, 0.29) is 17.1 Å². The molecule has 0 aliphatic carbocycles. The van der Waals surface area contributed by atoms with Gasteiger partial charge in [0.15, 0.2) is 0 Å². The van der Waals surface area contributed by atoms with Crippen LogP contribution >= 0.6 is 0 Å². The second kappa shape index (κ2) is 15.6. The van der Waals surface area contributed by atoms with Crippen molar-refractivity contribution in [2.75, 3.05) is 0 Å². The van der Waals surface area contributed by atoms with Crippen molar-refractivity contribution in [3.8, 4) is 0 Å². The van der Waals surface area contributed by atoms with Gasteiger partial charge < -0.3 is 4.79 Å². The number of hydrogen-bond acceptors (Lipinski definition) is 4. The summed E-state index contributed by atoms with van der Waals surface area (Å²) in [6, 6.07) is 0. The van der Waals surface area contributed by atoms with Crippen LogP contribution in [0.15, 0.2) is 0 Å². The molecule has 0 atom stereocenters. The zero-order valence-corrected chi connectivity index (χ0v) is 6.70. The molecule has 0 saturated heterocycles. The fourth-order valence-electron chi connectivity index (χ4n) is 0. The Morgan fingerprint density at radius 1 is 1.38 bits per heavy atom. The molecule has 0 aromatic carbocycles. The summed E-state index contributed by atoms with van der Waals surface area (Å²) in [5.74, 6) is 0. The predicted molar refractivity (Wildman–Crippen MR) is 17.1 cm³/mol. The van der Waals surface area contributed by atoms with Gasteiger partial charge in [0.25, 0.3) is 0 Å². The Hall–Kier alpha value is 0.628. The molecule has 0 N–H and O–H groups in total. The van der Waals surface area contributed by atoms with Gasteiger partial charge in [-0.2, -0.15) is 6.92 Å². The quantitative estimate of drug-likeness (QED) is 0.315. The van der Waals surface area contributed by atoms with Crippen molar-refractivity contribution in [1.82, 2.24) is 0 Å². The third kappa shape index (κ3) is 532. The number of hydrogen-bond donors (Lipinski definition) is 0. The van der Waals surface area contributed by atoms with Gasteiger partial charge in [0.1, 0.15) is 0 Å². The standard InChI is InChI=1S/C2H3O.AsO3.Cu/c1-2-3;2-1(3)4;/h1H3;;/q-1;-3;. The first-order valence-electron chi connectivity index (χ1n) is 1.25. The summed E-state index contributed by atoms with van der Waals surface area (Å²) in [7, 11) is 0. The van der Waals surface area contributed by atoms with Gasteiger partial charge in [-0.25, -0.2) is 0 Å². The molecule has 0 heterocycles. The van der Waals surface area contributed by atoms with Gasteiger partial charge in [0.2, 0.25) is 0 Å². The van der Waals surface area contributed by atoms with E-state index in [1.165, 1.54) is 13.2 Å². The fourth-order valence-corrected chi connectivity index (χ4v) is 0. The van der Waals surface area contributed by atoms with Crippen molar-refractivity contribution in [3.05, 3.63) is 0 Å². The summed E-state index contributed by atoms with van der Waals surface area (Å²) in [5.41, 5.74) is 0. The van der Waals surface area contributed by atoms with Crippen LogP contribution in [-0.2, 0) is 21.9 Å². The van der Waals surface area contributed by atoms with E-state index in [2.05, 4.69) is 0 Å². The molecule has 1 radical (unpaired) electrons. The van der Waals surface area contributed by atoms with Crippen LogP contribution in [0.4, 0.5) is 0 Å². The van der Waals surface area contributed by atoms with E-state index in [1.54, 1.807) is 0 Å². The molecule has 6 heteroatoms. The van der Waals surface area contributed by atoms with E-state index in [0.717, 1.165) is 0 Å². The van der Waals surface area contributed by atoms with Crippen molar-refractivity contribution >= 4 is 22.0 Å². The van der Waals surface area contributed by atoms with Gasteiger partial charge >= 0.3 is 28.0 Å². The van der Waals surface area contributed by atoms with Gasteiger partial charge in [-0.1, -0.05) is 0 Å². The minimum atomic E-state index is -3.94. The van der Waals surface area contributed by atoms with Crippen LogP contribution in [0.5, 0.6) is 0 Å². The first-order chi connectivity index (χ1) is 3.15. The second-order valence-corrected chi connectivity index (χ2v) is 1.37. The molecule has 0 unspecified atom stereocenters. The van der Waals surface area contributed by atoms with Crippen molar-refractivity contribution in [3.63, 3.8) is 0 Å². The molecule has 0 spiro atoms. The van der Waals surface area contributed by atoms with E-state index in [0.29, 0.717) is 0 Å². The Morgan fingerprint density at radius 3 is 1.38 bits per heavy atom. The molecule has 0 bridgehead atoms. The van der Waals surface area contributed by atoms with E-state index < -0.39 is 15.7 Å². The van der Waals surface area contributed by atoms with Crippen LogP contribution < -0.4 is 12.3 Å². The molecule has 0 aromatic heterocycles.